The second kappa shape index (κ2) is 4.24. The van der Waals surface area contributed by atoms with Crippen LogP contribution in [0.15, 0.2) is 6.73 Å². The van der Waals surface area contributed by atoms with E-state index < -0.39 is 27.2 Å². The number of halogens is 6. The van der Waals surface area contributed by atoms with Gasteiger partial charge >= 0.3 is 81.1 Å². The molecule has 0 aliphatic heterocycles. The van der Waals surface area contributed by atoms with Crippen molar-refractivity contribution < 1.29 is 26.3 Å². The Morgan fingerprint density at radius 1 is 0.800 bits per heavy atom. The van der Waals surface area contributed by atoms with Crippen molar-refractivity contribution in [1.29, 1.82) is 0 Å². The van der Waals surface area contributed by atoms with E-state index >= 15 is 0 Å². The number of nitrogens with zero attached hydrogens (tertiary/aromatic N) is 6. The summed E-state index contributed by atoms with van der Waals surface area (Å²) in [7, 11) is 0. The summed E-state index contributed by atoms with van der Waals surface area (Å²) >= 11 is -7.40. The van der Waals surface area contributed by atoms with Crippen molar-refractivity contribution in [2.45, 2.75) is 8.45 Å². The van der Waals surface area contributed by atoms with Gasteiger partial charge in [-0.2, -0.15) is 0 Å². The fraction of sp³-hybridized carbons (Fsp3) is 1.00. The number of rotatable bonds is 2. The average molecular weight is 350 g/mol. The molecular formula is C2F6N6Te. The third kappa shape index (κ3) is 2.51. The Balaban J connectivity index is 5.93. The Bertz CT molecular complexity index is 297. The first-order valence-corrected chi connectivity index (χ1v) is 7.12. The second-order valence-corrected chi connectivity index (χ2v) is 8.49. The van der Waals surface area contributed by atoms with Gasteiger partial charge in [0.2, 0.25) is 0 Å². The molecule has 0 unspecified atom stereocenters. The van der Waals surface area contributed by atoms with Crippen molar-refractivity contribution in [2.75, 3.05) is 0 Å². The molecule has 0 aromatic rings. The summed E-state index contributed by atoms with van der Waals surface area (Å²) < 4.78 is 64.1. The molecule has 0 aromatic carbocycles. The van der Waals surface area contributed by atoms with Gasteiger partial charge < -0.3 is 0 Å². The van der Waals surface area contributed by atoms with Crippen molar-refractivity contribution in [1.82, 2.24) is 0 Å². The Labute approximate surface area is 81.6 Å². The molecule has 86 valence electrons. The number of alkyl halides is 6. The van der Waals surface area contributed by atoms with Crippen LogP contribution in [0.25, 0.3) is 20.9 Å². The van der Waals surface area contributed by atoms with Crippen LogP contribution < -0.4 is 0 Å². The SMILES string of the molecule is [N-]=[N+]=N[Te](N=[N+]=[N-])(C(F)(F)F)C(F)(F)F. The first-order valence-electron chi connectivity index (χ1n) is 2.71. The van der Waals surface area contributed by atoms with Crippen molar-refractivity contribution in [3.63, 3.8) is 0 Å². The molecule has 0 spiro atoms. The number of hydrogen-bond acceptors (Lipinski definition) is 2. The minimum absolute atomic E-state index is 1.46. The minimum atomic E-state index is -7.40. The van der Waals surface area contributed by atoms with Crippen LogP contribution in [0.3, 0.4) is 0 Å². The van der Waals surface area contributed by atoms with E-state index in [0.717, 1.165) is 0 Å². The summed E-state index contributed by atoms with van der Waals surface area (Å²) in [6.07, 6.45) is 0. The molecule has 0 atom stereocenters. The van der Waals surface area contributed by atoms with E-state index in [1.807, 2.05) is 0 Å². The molecule has 15 heavy (non-hydrogen) atoms. The molecule has 0 bridgehead atoms. The third-order valence-corrected chi connectivity index (χ3v) is 6.41. The summed E-state index contributed by atoms with van der Waals surface area (Å²) in [5.74, 6) is 0. The van der Waals surface area contributed by atoms with Gasteiger partial charge in [0, 0.05) is 0 Å². The van der Waals surface area contributed by atoms with Crippen LogP contribution in [0.4, 0.5) is 26.3 Å². The van der Waals surface area contributed by atoms with E-state index in [9.17, 15) is 26.3 Å². The first-order chi connectivity index (χ1) is 6.62. The molecule has 0 saturated carbocycles. The maximum absolute atomic E-state index is 12.1. The summed E-state index contributed by atoms with van der Waals surface area (Å²) in [6, 6.07) is 0. The van der Waals surface area contributed by atoms with Gasteiger partial charge in [0.15, 0.2) is 0 Å². The van der Waals surface area contributed by atoms with Crippen LogP contribution in [0.5, 0.6) is 0 Å². The predicted molar refractivity (Wildman–Crippen MR) is 36.2 cm³/mol. The fourth-order valence-corrected chi connectivity index (χ4v) is 2.94. The van der Waals surface area contributed by atoms with Gasteiger partial charge in [-0.25, -0.2) is 0 Å². The van der Waals surface area contributed by atoms with Crippen molar-refractivity contribution in [3.8, 4) is 0 Å². The van der Waals surface area contributed by atoms with Gasteiger partial charge in [-0.3, -0.25) is 0 Å². The summed E-state index contributed by atoms with van der Waals surface area (Å²) in [6.45, 7) is 0. The molecule has 0 saturated heterocycles. The van der Waals surface area contributed by atoms with Crippen molar-refractivity contribution in [2.24, 2.45) is 6.73 Å². The van der Waals surface area contributed by atoms with Crippen LogP contribution in [-0.2, 0) is 0 Å². The Hall–Kier alpha value is -1.01. The molecule has 0 aliphatic carbocycles. The van der Waals surface area contributed by atoms with Crippen LogP contribution in [0.1, 0.15) is 0 Å². The monoisotopic (exact) mass is 352 g/mol. The van der Waals surface area contributed by atoms with E-state index in [1.54, 1.807) is 6.73 Å². The molecule has 13 heteroatoms. The van der Waals surface area contributed by atoms with Gasteiger partial charge in [-0.05, 0) is 0 Å². The van der Waals surface area contributed by atoms with E-state index in [1.165, 1.54) is 9.82 Å². The van der Waals surface area contributed by atoms with Crippen LogP contribution in [0.2, 0.25) is 0 Å². The quantitative estimate of drug-likeness (QED) is 0.240. The van der Waals surface area contributed by atoms with Gasteiger partial charge in [0.25, 0.3) is 0 Å². The van der Waals surface area contributed by atoms with Gasteiger partial charge in [-0.1, -0.05) is 0 Å². The van der Waals surface area contributed by atoms with Crippen LogP contribution in [-0.4, -0.2) is 27.2 Å². The van der Waals surface area contributed by atoms with Crippen LogP contribution >= 0.6 is 0 Å². The Morgan fingerprint density at radius 3 is 1.20 bits per heavy atom. The van der Waals surface area contributed by atoms with E-state index in [2.05, 4.69) is 0 Å². The number of hydrogen-bond donors (Lipinski definition) is 0. The second-order valence-electron chi connectivity index (χ2n) is 1.78. The molecule has 0 heterocycles. The molecule has 6 nitrogen and oxygen atoms in total. The topological polar surface area (TPSA) is 97.5 Å². The zero-order chi connectivity index (χ0) is 12.3. The van der Waals surface area contributed by atoms with E-state index in [-0.39, 0.29) is 0 Å². The molecule has 0 amide bonds. The van der Waals surface area contributed by atoms with E-state index in [4.69, 9.17) is 11.1 Å². The molecular weight excluding hydrogens is 350 g/mol. The first kappa shape index (κ1) is 14.0. The van der Waals surface area contributed by atoms with Gasteiger partial charge in [0.05, 0.1) is 0 Å². The summed E-state index contributed by atoms with van der Waals surface area (Å²) in [5.41, 5.74) is 15.4. The zero-order valence-electron chi connectivity index (χ0n) is 6.36. The average Bonchev–Trinajstić information content (AvgIpc) is 1.99. The molecule has 0 aliphatic rings. The zero-order valence-corrected chi connectivity index (χ0v) is 8.69. The van der Waals surface area contributed by atoms with Crippen molar-refractivity contribution in [3.05, 3.63) is 20.9 Å². The number of azide groups is 1. The maximum atomic E-state index is 12.1. The molecule has 0 rings (SSSR count). The van der Waals surface area contributed by atoms with Gasteiger partial charge in [0.1, 0.15) is 0 Å². The predicted octanol–water partition coefficient (Wildman–Crippen LogP) is 3.25. The molecule has 0 fully saturated rings. The third-order valence-electron chi connectivity index (χ3n) is 0.955. The van der Waals surface area contributed by atoms with Crippen molar-refractivity contribution >= 4 is 18.7 Å². The Morgan fingerprint density at radius 2 is 1.07 bits per heavy atom. The standard InChI is InChI=1S/C2F6N6Te/c3-1(4,5)15(13-11-9,14-12-10)2(6,7)8. The summed E-state index contributed by atoms with van der Waals surface area (Å²) in [4.78, 5) is 2.93. The molecule has 0 aromatic heterocycles. The Kier molecular flexibility index (Phi) is 3.95. The normalized spacial score (nSPS) is 13.7. The molecule has 0 N–H and O–H groups in total. The molecule has 0 radical (unpaired) electrons. The van der Waals surface area contributed by atoms with Gasteiger partial charge in [-0.15, -0.1) is 0 Å². The summed E-state index contributed by atoms with van der Waals surface area (Å²) in [5, 5.41) is 0. The van der Waals surface area contributed by atoms with E-state index in [0.29, 0.717) is 0 Å². The van der Waals surface area contributed by atoms with Crippen LogP contribution in [0, 0.1) is 0 Å². The fourth-order valence-electron chi connectivity index (χ4n) is 0.438.